The average molecular weight is 334 g/mol. The topological polar surface area (TPSA) is 97.5 Å². The molecule has 0 aromatic carbocycles. The van der Waals surface area contributed by atoms with Gasteiger partial charge in [0.2, 0.25) is 11.8 Å². The molecule has 8 nitrogen and oxygen atoms in total. The second kappa shape index (κ2) is 6.86. The van der Waals surface area contributed by atoms with Gasteiger partial charge in [0.1, 0.15) is 6.54 Å². The molecule has 1 amide bonds. The third-order valence-corrected chi connectivity index (χ3v) is 4.10. The second-order valence-electron chi connectivity index (χ2n) is 5.78. The lowest BCUT2D eigenvalue weighted by molar-refractivity contribution is -0.143. The van der Waals surface area contributed by atoms with Crippen molar-refractivity contribution in [3.63, 3.8) is 0 Å². The van der Waals surface area contributed by atoms with E-state index < -0.39 is 5.97 Å². The molecule has 0 fully saturated rings. The first-order valence-electron chi connectivity index (χ1n) is 7.58. The zero-order valence-electron chi connectivity index (χ0n) is 14.6. The number of nitrogens with zero attached hydrogens (tertiary/aromatic N) is 4. The van der Waals surface area contributed by atoms with Gasteiger partial charge in [-0.3, -0.25) is 9.59 Å². The van der Waals surface area contributed by atoms with Crippen molar-refractivity contribution in [1.29, 1.82) is 0 Å². The van der Waals surface area contributed by atoms with Crippen molar-refractivity contribution in [1.82, 2.24) is 19.7 Å². The Hall–Kier alpha value is -2.64. The number of carbonyl (C=O) groups is 2. The van der Waals surface area contributed by atoms with E-state index in [-0.39, 0.29) is 18.9 Å². The molecule has 1 N–H and O–H groups in total. The number of aromatic nitrogens is 3. The zero-order valence-corrected chi connectivity index (χ0v) is 14.6. The van der Waals surface area contributed by atoms with Crippen LogP contribution in [0.25, 0.3) is 11.0 Å². The normalized spacial score (nSPS) is 10.9. The number of fused-ring (bicyclic) bond motifs is 1. The van der Waals surface area contributed by atoms with Gasteiger partial charge in [-0.05, 0) is 31.4 Å². The molecular weight excluding hydrogens is 312 g/mol. The fourth-order valence-electron chi connectivity index (χ4n) is 2.82. The van der Waals surface area contributed by atoms with Crippen molar-refractivity contribution >= 4 is 22.9 Å². The lowest BCUT2D eigenvalue weighted by Gasteiger charge is -2.16. The fourth-order valence-corrected chi connectivity index (χ4v) is 2.82. The second-order valence-corrected chi connectivity index (χ2v) is 5.78. The number of ether oxygens (including phenoxy) is 1. The van der Waals surface area contributed by atoms with E-state index in [2.05, 4.69) is 10.1 Å². The Kier molecular flexibility index (Phi) is 5.06. The summed E-state index contributed by atoms with van der Waals surface area (Å²) in [7, 11) is 4.85. The van der Waals surface area contributed by atoms with Gasteiger partial charge in [0.05, 0.1) is 12.5 Å². The van der Waals surface area contributed by atoms with Gasteiger partial charge in [0, 0.05) is 26.2 Å². The highest BCUT2D eigenvalue weighted by Gasteiger charge is 2.19. The number of aliphatic carboxylic acids is 1. The minimum Gasteiger partial charge on any atom is -0.480 e. The molecule has 0 aliphatic rings. The van der Waals surface area contributed by atoms with Crippen molar-refractivity contribution in [3.8, 4) is 5.88 Å². The summed E-state index contributed by atoms with van der Waals surface area (Å²) < 4.78 is 6.99. The molecule has 130 valence electrons. The van der Waals surface area contributed by atoms with Gasteiger partial charge in [-0.15, -0.1) is 5.10 Å². The first-order chi connectivity index (χ1) is 11.3. The molecule has 0 saturated carbocycles. The van der Waals surface area contributed by atoms with E-state index >= 15 is 0 Å². The number of likely N-dealkylation sites (N-methyl/N-ethyl adjacent to an activating group) is 1. The highest BCUT2D eigenvalue weighted by molar-refractivity contribution is 5.86. The molecule has 0 saturated heterocycles. The van der Waals surface area contributed by atoms with Crippen LogP contribution in [0, 0.1) is 13.8 Å². The minimum atomic E-state index is -1.03. The maximum absolute atomic E-state index is 12.1. The Morgan fingerprint density at radius 2 is 2.00 bits per heavy atom. The Balaban J connectivity index is 2.29. The Bertz CT molecular complexity index is 797. The van der Waals surface area contributed by atoms with Crippen LogP contribution in [0.2, 0.25) is 0 Å². The standard InChI is InChI=1S/C16H22N4O4/c1-9-11(6-7-12(21)19(3)8-13(22)23)10(2)17-15-14(9)16(24-5)18-20(15)4/h6-8H2,1-5H3,(H,22,23). The lowest BCUT2D eigenvalue weighted by Crippen LogP contribution is -2.32. The predicted octanol–water partition coefficient (Wildman–Crippen LogP) is 1.07. The third-order valence-electron chi connectivity index (χ3n) is 4.10. The molecule has 0 bridgehead atoms. The summed E-state index contributed by atoms with van der Waals surface area (Å²) in [6, 6.07) is 0. The highest BCUT2D eigenvalue weighted by atomic mass is 16.5. The number of carbonyl (C=O) groups excluding carboxylic acids is 1. The maximum atomic E-state index is 12.1. The molecule has 0 aliphatic heterocycles. The van der Waals surface area contributed by atoms with E-state index in [1.54, 1.807) is 18.8 Å². The summed E-state index contributed by atoms with van der Waals surface area (Å²) in [6.45, 7) is 3.55. The summed E-state index contributed by atoms with van der Waals surface area (Å²) in [5.41, 5.74) is 3.52. The molecule has 0 atom stereocenters. The molecule has 8 heteroatoms. The molecule has 2 rings (SSSR count). The number of rotatable bonds is 6. The van der Waals surface area contributed by atoms with E-state index in [0.717, 1.165) is 27.9 Å². The molecular formula is C16H22N4O4. The number of amides is 1. The van der Waals surface area contributed by atoms with E-state index in [9.17, 15) is 9.59 Å². The molecule has 24 heavy (non-hydrogen) atoms. The summed E-state index contributed by atoms with van der Waals surface area (Å²) in [5, 5.41) is 13.9. The number of carboxylic acids is 1. The molecule has 0 unspecified atom stereocenters. The monoisotopic (exact) mass is 334 g/mol. The third kappa shape index (κ3) is 3.32. The van der Waals surface area contributed by atoms with Gasteiger partial charge in [0.15, 0.2) is 5.65 Å². The summed E-state index contributed by atoms with van der Waals surface area (Å²) in [6.07, 6.45) is 0.711. The number of hydrogen-bond donors (Lipinski definition) is 1. The van der Waals surface area contributed by atoms with E-state index in [1.807, 2.05) is 13.8 Å². The van der Waals surface area contributed by atoms with E-state index in [1.165, 1.54) is 11.9 Å². The number of hydrogen-bond acceptors (Lipinski definition) is 5. The summed E-state index contributed by atoms with van der Waals surface area (Å²) >= 11 is 0. The van der Waals surface area contributed by atoms with Crippen molar-refractivity contribution < 1.29 is 19.4 Å². The fraction of sp³-hybridized carbons (Fsp3) is 0.500. The average Bonchev–Trinajstić information content (AvgIpc) is 2.82. The number of aryl methyl sites for hydroxylation is 3. The van der Waals surface area contributed by atoms with Crippen LogP contribution in [-0.2, 0) is 23.1 Å². The van der Waals surface area contributed by atoms with Crippen molar-refractivity contribution in [2.24, 2.45) is 7.05 Å². The molecule has 2 heterocycles. The quantitative estimate of drug-likeness (QED) is 0.848. The van der Waals surface area contributed by atoms with Crippen molar-refractivity contribution in [3.05, 3.63) is 16.8 Å². The predicted molar refractivity (Wildman–Crippen MR) is 88.1 cm³/mol. The van der Waals surface area contributed by atoms with Gasteiger partial charge in [0.25, 0.3) is 0 Å². The first-order valence-corrected chi connectivity index (χ1v) is 7.58. The summed E-state index contributed by atoms with van der Waals surface area (Å²) in [5.74, 6) is -0.732. The number of methoxy groups -OCH3 is 1. The van der Waals surface area contributed by atoms with E-state index in [4.69, 9.17) is 9.84 Å². The number of carboxylic acid groups (broad SMARTS) is 1. The largest absolute Gasteiger partial charge is 0.480 e. The Morgan fingerprint density at radius 1 is 1.33 bits per heavy atom. The lowest BCUT2D eigenvalue weighted by atomic mass is 10.00. The molecule has 0 spiro atoms. The van der Waals surface area contributed by atoms with Crippen molar-refractivity contribution in [2.45, 2.75) is 26.7 Å². The smallest absolute Gasteiger partial charge is 0.323 e. The van der Waals surface area contributed by atoms with E-state index in [0.29, 0.717) is 12.3 Å². The molecule has 0 radical (unpaired) electrons. The zero-order chi connectivity index (χ0) is 18.0. The maximum Gasteiger partial charge on any atom is 0.323 e. The van der Waals surface area contributed by atoms with Gasteiger partial charge in [-0.1, -0.05) is 0 Å². The van der Waals surface area contributed by atoms with Crippen LogP contribution < -0.4 is 4.74 Å². The van der Waals surface area contributed by atoms with Gasteiger partial charge in [-0.25, -0.2) is 9.67 Å². The first kappa shape index (κ1) is 17.7. The van der Waals surface area contributed by atoms with Crippen LogP contribution in [0.5, 0.6) is 5.88 Å². The highest BCUT2D eigenvalue weighted by Crippen LogP contribution is 2.30. The minimum absolute atomic E-state index is 0.213. The Labute approximate surface area is 140 Å². The van der Waals surface area contributed by atoms with Crippen LogP contribution in [0.3, 0.4) is 0 Å². The van der Waals surface area contributed by atoms with Crippen LogP contribution in [-0.4, -0.2) is 57.3 Å². The summed E-state index contributed by atoms with van der Waals surface area (Å²) in [4.78, 5) is 28.5. The van der Waals surface area contributed by atoms with Gasteiger partial charge < -0.3 is 14.7 Å². The van der Waals surface area contributed by atoms with Gasteiger partial charge in [-0.2, -0.15) is 0 Å². The van der Waals surface area contributed by atoms with Crippen LogP contribution in [0.15, 0.2) is 0 Å². The Morgan fingerprint density at radius 3 is 2.58 bits per heavy atom. The van der Waals surface area contributed by atoms with Crippen LogP contribution in [0.4, 0.5) is 0 Å². The van der Waals surface area contributed by atoms with Gasteiger partial charge >= 0.3 is 5.97 Å². The molecule has 2 aromatic rings. The SMILES string of the molecule is COc1nn(C)c2nc(C)c(CCC(=O)N(C)CC(=O)O)c(C)c12. The van der Waals surface area contributed by atoms with Crippen LogP contribution in [0.1, 0.15) is 23.2 Å². The van der Waals surface area contributed by atoms with Crippen molar-refractivity contribution in [2.75, 3.05) is 20.7 Å². The molecule has 0 aliphatic carbocycles. The number of pyridine rings is 1. The molecule has 2 aromatic heterocycles. The van der Waals surface area contributed by atoms with Crippen LogP contribution >= 0.6 is 0 Å².